The molecule has 2 aromatic heterocycles. The number of aliphatic hydroxyl groups is 3. The first-order valence-corrected chi connectivity index (χ1v) is 11.0. The van der Waals surface area contributed by atoms with Gasteiger partial charge in [0.25, 0.3) is 0 Å². The smallest absolute Gasteiger partial charge is 0.159 e. The van der Waals surface area contributed by atoms with E-state index in [-0.39, 0.29) is 16.4 Å². The Bertz CT molecular complexity index is 970. The van der Waals surface area contributed by atoms with E-state index in [2.05, 4.69) is 15.3 Å². The number of aliphatic hydroxyl groups excluding tert-OH is 3. The summed E-state index contributed by atoms with van der Waals surface area (Å²) < 4.78 is 5.64. The van der Waals surface area contributed by atoms with Crippen LogP contribution in [-0.2, 0) is 4.74 Å². The second kappa shape index (κ2) is 10.1. The second-order valence-electron chi connectivity index (χ2n) is 6.21. The maximum atomic E-state index is 10.8. The van der Waals surface area contributed by atoms with Crippen molar-refractivity contribution < 1.29 is 20.1 Å². The number of nitrogens with one attached hydrogen (secondary N) is 1. The van der Waals surface area contributed by atoms with Gasteiger partial charge in [-0.2, -0.15) is 5.26 Å². The highest BCUT2D eigenvalue weighted by molar-refractivity contribution is 7.99. The maximum absolute atomic E-state index is 10.8. The summed E-state index contributed by atoms with van der Waals surface area (Å²) in [4.78, 5) is 8.54. The fourth-order valence-corrected chi connectivity index (χ4v) is 4.94. The molecule has 0 saturated carbocycles. The average Bonchev–Trinajstić information content (AvgIpc) is 3.16. The lowest BCUT2D eigenvalue weighted by molar-refractivity contribution is -0.164. The van der Waals surface area contributed by atoms with Gasteiger partial charge in [0.15, 0.2) is 5.69 Å². The number of thioether (sulfide) groups is 1. The van der Waals surface area contributed by atoms with Gasteiger partial charge in [0.2, 0.25) is 0 Å². The zero-order valence-corrected chi connectivity index (χ0v) is 18.3. The second-order valence-corrected chi connectivity index (χ2v) is 9.03. The largest absolute Gasteiger partial charge is 0.395 e. The minimum atomic E-state index is -1.21. The molecule has 0 radical (unpaired) electrons. The fourth-order valence-electron chi connectivity index (χ4n) is 2.72. The van der Waals surface area contributed by atoms with Crippen molar-refractivity contribution in [1.82, 2.24) is 15.3 Å². The first-order chi connectivity index (χ1) is 14.3. The predicted octanol–water partition coefficient (Wildman–Crippen LogP) is 1.16. The first kappa shape index (κ1) is 23.1. The highest BCUT2D eigenvalue weighted by Crippen LogP contribution is 2.34. The first-order valence-electron chi connectivity index (χ1n) is 8.52. The van der Waals surface area contributed by atoms with Crippen LogP contribution in [0.2, 0.25) is 10.2 Å². The standard InChI is InChI=1S/C17H17Cl2N5O4S2/c18-8-1-7(3-22-10(8)2-20)30-17-15(27)13(14(26)11(5-25)28-17)23-4-9(21)16-24-12(19)6-29-16/h1,3-4,6,11,13-15,17,23,25-27H,5,21H2/b9-4-. The van der Waals surface area contributed by atoms with Crippen LogP contribution >= 0.6 is 46.3 Å². The average molecular weight is 490 g/mol. The number of halogens is 2. The van der Waals surface area contributed by atoms with Crippen molar-refractivity contribution >= 4 is 52.0 Å². The van der Waals surface area contributed by atoms with Gasteiger partial charge >= 0.3 is 0 Å². The van der Waals surface area contributed by atoms with Crippen molar-refractivity contribution in [2.24, 2.45) is 5.73 Å². The molecular weight excluding hydrogens is 473 g/mol. The quantitative estimate of drug-likeness (QED) is 0.398. The predicted molar refractivity (Wildman–Crippen MR) is 114 cm³/mol. The van der Waals surface area contributed by atoms with Crippen LogP contribution < -0.4 is 11.1 Å². The Kier molecular flexibility index (Phi) is 7.78. The zero-order valence-electron chi connectivity index (χ0n) is 15.1. The summed E-state index contributed by atoms with van der Waals surface area (Å²) in [5.74, 6) is 0. The third kappa shape index (κ3) is 5.16. The molecule has 5 unspecified atom stereocenters. The number of pyridine rings is 1. The Morgan fingerprint density at radius 3 is 2.80 bits per heavy atom. The van der Waals surface area contributed by atoms with Crippen molar-refractivity contribution in [3.63, 3.8) is 0 Å². The van der Waals surface area contributed by atoms with Crippen molar-refractivity contribution in [1.29, 1.82) is 5.26 Å². The van der Waals surface area contributed by atoms with E-state index in [1.165, 1.54) is 29.8 Å². The molecule has 6 N–H and O–H groups in total. The van der Waals surface area contributed by atoms with E-state index in [1.807, 2.05) is 6.07 Å². The highest BCUT2D eigenvalue weighted by Gasteiger charge is 2.44. The topological polar surface area (TPSA) is 158 Å². The molecule has 0 amide bonds. The van der Waals surface area contributed by atoms with Crippen molar-refractivity contribution in [3.8, 4) is 6.07 Å². The van der Waals surface area contributed by atoms with Crippen molar-refractivity contribution in [2.45, 2.75) is 34.7 Å². The van der Waals surface area contributed by atoms with E-state index < -0.39 is 36.4 Å². The zero-order chi connectivity index (χ0) is 21.8. The summed E-state index contributed by atoms with van der Waals surface area (Å²) in [6.07, 6.45) is -0.515. The van der Waals surface area contributed by atoms with Crippen LogP contribution in [0, 0.1) is 11.3 Å². The van der Waals surface area contributed by atoms with Gasteiger partial charge in [-0.05, 0) is 6.07 Å². The lowest BCUT2D eigenvalue weighted by Gasteiger charge is -2.42. The molecule has 1 aliphatic heterocycles. The SMILES string of the molecule is N#Cc1ncc(SC2OC(CO)C(O)C(N/C=C(\N)c3nc(Cl)cs3)C2O)cc1Cl. The molecule has 9 nitrogen and oxygen atoms in total. The van der Waals surface area contributed by atoms with Gasteiger partial charge in [0.05, 0.1) is 23.4 Å². The van der Waals surface area contributed by atoms with Gasteiger partial charge < -0.3 is 31.1 Å². The number of rotatable bonds is 6. The molecule has 3 rings (SSSR count). The normalized spacial score (nSPS) is 26.9. The lowest BCUT2D eigenvalue weighted by Crippen LogP contribution is -2.62. The van der Waals surface area contributed by atoms with Crippen LogP contribution in [-0.4, -0.2) is 61.7 Å². The summed E-state index contributed by atoms with van der Waals surface area (Å²) in [5, 5.41) is 45.2. The number of aromatic nitrogens is 2. The Labute approximate surface area is 190 Å². The molecule has 0 spiro atoms. The Hall–Kier alpha value is -1.62. The maximum Gasteiger partial charge on any atom is 0.159 e. The van der Waals surface area contributed by atoms with Crippen LogP contribution in [0.1, 0.15) is 10.7 Å². The third-order valence-corrected chi connectivity index (χ3v) is 6.83. The molecule has 0 aromatic carbocycles. The van der Waals surface area contributed by atoms with Crippen LogP contribution in [0.4, 0.5) is 0 Å². The number of hydrogen-bond acceptors (Lipinski definition) is 11. The molecule has 0 aliphatic carbocycles. The molecule has 1 saturated heterocycles. The number of ether oxygens (including phenoxy) is 1. The Morgan fingerprint density at radius 1 is 1.43 bits per heavy atom. The van der Waals surface area contributed by atoms with E-state index in [1.54, 1.807) is 5.38 Å². The van der Waals surface area contributed by atoms with Crippen molar-refractivity contribution in [2.75, 3.05) is 6.61 Å². The highest BCUT2D eigenvalue weighted by atomic mass is 35.5. The monoisotopic (exact) mass is 489 g/mol. The minimum Gasteiger partial charge on any atom is -0.395 e. The molecule has 0 bridgehead atoms. The van der Waals surface area contributed by atoms with E-state index in [0.717, 1.165) is 11.8 Å². The molecule has 3 heterocycles. The van der Waals surface area contributed by atoms with E-state index in [9.17, 15) is 15.3 Å². The molecule has 13 heteroatoms. The molecular formula is C17H17Cl2N5O4S2. The van der Waals surface area contributed by atoms with Crippen molar-refractivity contribution in [3.05, 3.63) is 44.7 Å². The van der Waals surface area contributed by atoms with Gasteiger partial charge in [-0.15, -0.1) is 11.3 Å². The van der Waals surface area contributed by atoms with Gasteiger partial charge in [0.1, 0.15) is 40.0 Å². The van der Waals surface area contributed by atoms with Crippen LogP contribution in [0.25, 0.3) is 5.70 Å². The van der Waals surface area contributed by atoms with Gasteiger partial charge in [-0.3, -0.25) is 0 Å². The molecule has 1 fully saturated rings. The number of nitrogens with two attached hydrogens (primary N) is 1. The van der Waals surface area contributed by atoms with Gasteiger partial charge in [-0.1, -0.05) is 35.0 Å². The summed E-state index contributed by atoms with van der Waals surface area (Å²) >= 11 is 14.1. The molecule has 2 aromatic rings. The summed E-state index contributed by atoms with van der Waals surface area (Å²) in [6, 6.07) is 2.49. The summed E-state index contributed by atoms with van der Waals surface area (Å²) in [7, 11) is 0. The fraction of sp³-hybridized carbons (Fsp3) is 0.353. The Morgan fingerprint density at radius 2 is 2.20 bits per heavy atom. The van der Waals surface area contributed by atoms with E-state index in [4.69, 9.17) is 38.9 Å². The molecule has 30 heavy (non-hydrogen) atoms. The third-order valence-electron chi connectivity index (χ3n) is 4.21. The summed E-state index contributed by atoms with van der Waals surface area (Å²) in [6.45, 7) is -0.462. The van der Waals surface area contributed by atoms with Gasteiger partial charge in [-0.25, -0.2) is 9.97 Å². The molecule has 5 atom stereocenters. The van der Waals surface area contributed by atoms with Gasteiger partial charge in [0, 0.05) is 22.7 Å². The minimum absolute atomic E-state index is 0.0808. The Balaban J connectivity index is 1.77. The van der Waals surface area contributed by atoms with Crippen LogP contribution in [0.15, 0.2) is 28.7 Å². The summed E-state index contributed by atoms with van der Waals surface area (Å²) in [5.41, 5.74) is 5.46. The van der Waals surface area contributed by atoms with E-state index >= 15 is 0 Å². The number of nitriles is 1. The molecule has 160 valence electrons. The number of nitrogens with zero attached hydrogens (tertiary/aromatic N) is 3. The molecule has 1 aliphatic rings. The lowest BCUT2D eigenvalue weighted by atomic mass is 9.97. The van der Waals surface area contributed by atoms with E-state index in [0.29, 0.717) is 15.1 Å². The van der Waals surface area contributed by atoms with Crippen LogP contribution in [0.3, 0.4) is 0 Å². The number of thiazole rings is 1. The van der Waals surface area contributed by atoms with Crippen LogP contribution in [0.5, 0.6) is 0 Å². The number of hydrogen-bond donors (Lipinski definition) is 5.